The molecule has 0 amide bonds. The van der Waals surface area contributed by atoms with Crippen molar-refractivity contribution in [3.05, 3.63) is 54.6 Å². The zero-order chi connectivity index (χ0) is 21.3. The lowest BCUT2D eigenvalue weighted by Crippen LogP contribution is -2.27. The maximum absolute atomic E-state index is 8.83. The number of hydrogen-bond donors (Lipinski definition) is 3. The Morgan fingerprint density at radius 3 is 1.67 bits per heavy atom. The topological polar surface area (TPSA) is 74.2 Å². The zero-order valence-electron chi connectivity index (χ0n) is 17.8. The average molecular weight is 417 g/mol. The van der Waals surface area contributed by atoms with Gasteiger partial charge < -0.3 is 29.9 Å². The van der Waals surface area contributed by atoms with Gasteiger partial charge in [-0.2, -0.15) is 0 Å². The fraction of sp³-hybridized carbons (Fsp3) is 0.500. The summed E-state index contributed by atoms with van der Waals surface area (Å²) in [6, 6.07) is 18.6. The van der Waals surface area contributed by atoms with Gasteiger partial charge >= 0.3 is 0 Å². The van der Waals surface area contributed by atoms with Crippen molar-refractivity contribution in [2.45, 2.75) is 25.7 Å². The smallest absolute Gasteiger partial charge is 0.0487 e. The van der Waals surface area contributed by atoms with Crippen LogP contribution in [0.5, 0.6) is 0 Å². The summed E-state index contributed by atoms with van der Waals surface area (Å²) in [6.07, 6.45) is 3.23. The Morgan fingerprint density at radius 2 is 1.13 bits per heavy atom. The Labute approximate surface area is 180 Å². The molecule has 0 atom stereocenters. The van der Waals surface area contributed by atoms with Crippen molar-refractivity contribution < 1.29 is 19.7 Å². The van der Waals surface area contributed by atoms with Crippen LogP contribution in [-0.2, 0) is 9.47 Å². The summed E-state index contributed by atoms with van der Waals surface area (Å²) in [5.74, 6) is 0. The van der Waals surface area contributed by atoms with Crippen molar-refractivity contribution >= 4 is 17.1 Å². The summed E-state index contributed by atoms with van der Waals surface area (Å²) in [5, 5.41) is 21.1. The predicted molar refractivity (Wildman–Crippen MR) is 123 cm³/mol. The molecule has 0 bridgehead atoms. The number of anilines is 3. The monoisotopic (exact) mass is 416 g/mol. The van der Waals surface area contributed by atoms with E-state index < -0.39 is 0 Å². The Morgan fingerprint density at radius 1 is 0.633 bits per heavy atom. The SMILES string of the molecule is OCCCOCCCN(CCCOCCCO)c1ccc(Nc2ccccc2)cc1. The van der Waals surface area contributed by atoms with Crippen LogP contribution in [0.1, 0.15) is 25.7 Å². The molecule has 2 aromatic rings. The number of rotatable bonds is 17. The lowest BCUT2D eigenvalue weighted by atomic mass is 10.2. The Kier molecular flexibility index (Phi) is 12.6. The van der Waals surface area contributed by atoms with Crippen molar-refractivity contribution in [1.29, 1.82) is 0 Å². The lowest BCUT2D eigenvalue weighted by Gasteiger charge is -2.25. The third-order valence-corrected chi connectivity index (χ3v) is 4.62. The fourth-order valence-corrected chi connectivity index (χ4v) is 3.07. The van der Waals surface area contributed by atoms with E-state index in [0.717, 1.165) is 37.3 Å². The van der Waals surface area contributed by atoms with Gasteiger partial charge in [-0.25, -0.2) is 0 Å². The van der Waals surface area contributed by atoms with E-state index in [9.17, 15) is 0 Å². The highest BCUT2D eigenvalue weighted by atomic mass is 16.5. The highest BCUT2D eigenvalue weighted by molar-refractivity contribution is 5.62. The molecule has 6 heteroatoms. The van der Waals surface area contributed by atoms with Crippen molar-refractivity contribution in [2.75, 3.05) is 62.9 Å². The Bertz CT molecular complexity index is 636. The molecule has 2 rings (SSSR count). The minimum absolute atomic E-state index is 0.172. The molecular formula is C24H36N2O4. The highest BCUT2D eigenvalue weighted by Gasteiger charge is 2.07. The Balaban J connectivity index is 1.85. The minimum atomic E-state index is 0.172. The van der Waals surface area contributed by atoms with E-state index >= 15 is 0 Å². The highest BCUT2D eigenvalue weighted by Crippen LogP contribution is 2.21. The molecule has 0 unspecified atom stereocenters. The van der Waals surface area contributed by atoms with E-state index in [1.54, 1.807) is 0 Å². The molecular weight excluding hydrogens is 380 g/mol. The van der Waals surface area contributed by atoms with Gasteiger partial charge in [0.05, 0.1) is 0 Å². The summed E-state index contributed by atoms with van der Waals surface area (Å²) in [7, 11) is 0. The van der Waals surface area contributed by atoms with Gasteiger partial charge in [0.2, 0.25) is 0 Å². The van der Waals surface area contributed by atoms with Gasteiger partial charge in [-0.3, -0.25) is 0 Å². The first kappa shape index (κ1) is 24.2. The molecule has 30 heavy (non-hydrogen) atoms. The molecule has 0 heterocycles. The van der Waals surface area contributed by atoms with Crippen LogP contribution in [0.2, 0.25) is 0 Å². The van der Waals surface area contributed by atoms with Crippen LogP contribution >= 0.6 is 0 Å². The number of ether oxygens (including phenoxy) is 2. The molecule has 0 aromatic heterocycles. The van der Waals surface area contributed by atoms with E-state index in [1.165, 1.54) is 5.69 Å². The van der Waals surface area contributed by atoms with Crippen LogP contribution < -0.4 is 10.2 Å². The van der Waals surface area contributed by atoms with Gasteiger partial charge in [0.1, 0.15) is 0 Å². The first-order valence-corrected chi connectivity index (χ1v) is 10.9. The minimum Gasteiger partial charge on any atom is -0.396 e. The molecule has 0 aliphatic heterocycles. The fourth-order valence-electron chi connectivity index (χ4n) is 3.07. The largest absolute Gasteiger partial charge is 0.396 e. The summed E-state index contributed by atoms with van der Waals surface area (Å²) in [6.45, 7) is 4.75. The molecule has 0 saturated heterocycles. The first-order valence-electron chi connectivity index (χ1n) is 10.9. The standard InChI is InChI=1S/C24H36N2O4/c27-16-6-20-29-18-4-14-26(15-5-19-30-21-7-17-28)24-12-10-23(11-13-24)25-22-8-2-1-3-9-22/h1-3,8-13,25,27-28H,4-7,14-21H2. The number of benzene rings is 2. The molecule has 0 radical (unpaired) electrons. The number of hydrogen-bond acceptors (Lipinski definition) is 6. The maximum atomic E-state index is 8.83. The number of aliphatic hydroxyl groups excluding tert-OH is 2. The summed E-state index contributed by atoms with van der Waals surface area (Å²) in [5.41, 5.74) is 3.31. The number of para-hydroxylation sites is 1. The second kappa shape index (κ2) is 15.7. The first-order chi connectivity index (χ1) is 14.8. The zero-order valence-corrected chi connectivity index (χ0v) is 17.8. The van der Waals surface area contributed by atoms with Gasteiger partial charge in [0.15, 0.2) is 0 Å². The summed E-state index contributed by atoms with van der Waals surface area (Å²) in [4.78, 5) is 2.36. The third kappa shape index (κ3) is 10.1. The quantitative estimate of drug-likeness (QED) is 0.341. The lowest BCUT2D eigenvalue weighted by molar-refractivity contribution is 0.112. The van der Waals surface area contributed by atoms with Gasteiger partial charge in [-0.05, 0) is 62.1 Å². The van der Waals surface area contributed by atoms with Gasteiger partial charge in [-0.15, -0.1) is 0 Å². The van der Waals surface area contributed by atoms with Gasteiger partial charge in [0.25, 0.3) is 0 Å². The molecule has 2 aromatic carbocycles. The molecule has 0 aliphatic rings. The second-order valence-electron chi connectivity index (χ2n) is 7.11. The Hall–Kier alpha value is -2.12. The van der Waals surface area contributed by atoms with E-state index in [2.05, 4.69) is 34.5 Å². The second-order valence-corrected chi connectivity index (χ2v) is 7.11. The molecule has 0 aliphatic carbocycles. The van der Waals surface area contributed by atoms with Crippen molar-refractivity contribution in [3.8, 4) is 0 Å². The summed E-state index contributed by atoms with van der Waals surface area (Å²) >= 11 is 0. The molecule has 0 fully saturated rings. The molecule has 6 nitrogen and oxygen atoms in total. The van der Waals surface area contributed by atoms with Crippen LogP contribution in [0.15, 0.2) is 54.6 Å². The van der Waals surface area contributed by atoms with E-state index in [4.69, 9.17) is 19.7 Å². The van der Waals surface area contributed by atoms with E-state index in [1.807, 2.05) is 30.3 Å². The normalized spacial score (nSPS) is 10.9. The number of nitrogens with one attached hydrogen (secondary N) is 1. The predicted octanol–water partition coefficient (Wildman–Crippen LogP) is 3.81. The van der Waals surface area contributed by atoms with Crippen LogP contribution in [0.25, 0.3) is 0 Å². The molecule has 166 valence electrons. The van der Waals surface area contributed by atoms with E-state index in [0.29, 0.717) is 39.3 Å². The molecule has 0 saturated carbocycles. The van der Waals surface area contributed by atoms with Crippen LogP contribution in [0.3, 0.4) is 0 Å². The molecule has 0 spiro atoms. The van der Waals surface area contributed by atoms with E-state index in [-0.39, 0.29) is 13.2 Å². The van der Waals surface area contributed by atoms with Crippen LogP contribution in [0, 0.1) is 0 Å². The third-order valence-electron chi connectivity index (χ3n) is 4.62. The maximum Gasteiger partial charge on any atom is 0.0487 e. The van der Waals surface area contributed by atoms with Crippen molar-refractivity contribution in [3.63, 3.8) is 0 Å². The van der Waals surface area contributed by atoms with Crippen molar-refractivity contribution in [2.24, 2.45) is 0 Å². The molecule has 3 N–H and O–H groups in total. The van der Waals surface area contributed by atoms with Crippen LogP contribution in [-0.4, -0.2) is 62.9 Å². The average Bonchev–Trinajstić information content (AvgIpc) is 2.78. The van der Waals surface area contributed by atoms with Gasteiger partial charge in [0, 0.05) is 69.8 Å². The number of aliphatic hydroxyl groups is 2. The van der Waals surface area contributed by atoms with Crippen LogP contribution in [0.4, 0.5) is 17.1 Å². The number of nitrogens with zero attached hydrogens (tertiary/aromatic N) is 1. The van der Waals surface area contributed by atoms with Crippen molar-refractivity contribution in [1.82, 2.24) is 0 Å². The summed E-state index contributed by atoms with van der Waals surface area (Å²) < 4.78 is 11.1. The van der Waals surface area contributed by atoms with Gasteiger partial charge in [-0.1, -0.05) is 18.2 Å².